The molecule has 0 N–H and O–H groups in total. The Kier molecular flexibility index (Phi) is 5.35. The van der Waals surface area contributed by atoms with Crippen LogP contribution in [0.3, 0.4) is 0 Å². The Hall–Kier alpha value is -1.08. The molecule has 0 radical (unpaired) electrons. The quantitative estimate of drug-likeness (QED) is 0.336. The minimum atomic E-state index is -4.74. The maximum absolute atomic E-state index is 13.6. The molecule has 0 saturated heterocycles. The molecular weight excluding hydrogens is 344 g/mol. The second kappa shape index (κ2) is 6.67. The summed E-state index contributed by atoms with van der Waals surface area (Å²) in [5, 5.41) is 0. The van der Waals surface area contributed by atoms with E-state index in [1.54, 1.807) is 0 Å². The van der Waals surface area contributed by atoms with Crippen molar-refractivity contribution in [1.29, 1.82) is 0 Å². The van der Waals surface area contributed by atoms with E-state index in [1.165, 1.54) is 0 Å². The minimum Gasteiger partial charge on any atom is -0.204 e. The summed E-state index contributed by atoms with van der Waals surface area (Å²) in [5.74, 6) is -13.5. The summed E-state index contributed by atoms with van der Waals surface area (Å²) in [6.07, 6.45) is -2.48. The van der Waals surface area contributed by atoms with Crippen molar-refractivity contribution in [2.75, 3.05) is 0 Å². The SMILES string of the molecule is FC(F)C(F)(F)CCC(F)(F)C(F)(F)CCCC1=CC2C=CC1C2. The fourth-order valence-electron chi connectivity index (χ4n) is 3.11. The predicted octanol–water partition coefficient (Wildman–Crippen LogP) is 6.24. The second-order valence-electron chi connectivity index (χ2n) is 6.46. The van der Waals surface area contributed by atoms with E-state index in [0.29, 0.717) is 0 Å². The minimum absolute atomic E-state index is 0.175. The lowest BCUT2D eigenvalue weighted by molar-refractivity contribution is -0.227. The van der Waals surface area contributed by atoms with Gasteiger partial charge in [0.25, 0.3) is 0 Å². The van der Waals surface area contributed by atoms with Crippen LogP contribution in [0.2, 0.25) is 0 Å². The van der Waals surface area contributed by atoms with Crippen LogP contribution in [0.15, 0.2) is 23.8 Å². The first kappa shape index (κ1) is 19.2. The molecule has 0 aromatic carbocycles. The molecule has 0 fully saturated rings. The molecule has 2 rings (SSSR count). The zero-order valence-corrected chi connectivity index (χ0v) is 12.7. The van der Waals surface area contributed by atoms with Crippen LogP contribution < -0.4 is 0 Å². The molecule has 0 nitrogen and oxygen atoms in total. The van der Waals surface area contributed by atoms with Crippen LogP contribution in [0, 0.1) is 11.8 Å². The van der Waals surface area contributed by atoms with Crippen molar-refractivity contribution in [2.24, 2.45) is 11.8 Å². The van der Waals surface area contributed by atoms with Crippen molar-refractivity contribution >= 4 is 0 Å². The van der Waals surface area contributed by atoms with Crippen molar-refractivity contribution in [2.45, 2.75) is 62.7 Å². The highest BCUT2D eigenvalue weighted by Crippen LogP contribution is 2.45. The molecule has 0 aromatic heterocycles. The Balaban J connectivity index is 1.82. The molecule has 2 bridgehead atoms. The number of halogens is 8. The summed E-state index contributed by atoms with van der Waals surface area (Å²) in [5.41, 5.74) is 0.936. The molecular formula is C16H18F8. The molecule has 0 spiro atoms. The smallest absolute Gasteiger partial charge is 0.204 e. The van der Waals surface area contributed by atoms with Gasteiger partial charge >= 0.3 is 24.2 Å². The van der Waals surface area contributed by atoms with Crippen molar-refractivity contribution < 1.29 is 35.1 Å². The van der Waals surface area contributed by atoms with Gasteiger partial charge in [-0.1, -0.05) is 23.8 Å². The van der Waals surface area contributed by atoms with E-state index in [-0.39, 0.29) is 24.7 Å². The van der Waals surface area contributed by atoms with E-state index in [9.17, 15) is 35.1 Å². The zero-order chi connectivity index (χ0) is 18.2. The molecule has 0 aliphatic heterocycles. The lowest BCUT2D eigenvalue weighted by atomic mass is 9.94. The number of alkyl halides is 8. The van der Waals surface area contributed by atoms with Gasteiger partial charge in [0.1, 0.15) is 0 Å². The molecule has 24 heavy (non-hydrogen) atoms. The van der Waals surface area contributed by atoms with Crippen molar-refractivity contribution in [1.82, 2.24) is 0 Å². The van der Waals surface area contributed by atoms with Gasteiger partial charge in [0.05, 0.1) is 0 Å². The molecule has 0 aromatic rings. The van der Waals surface area contributed by atoms with E-state index in [1.807, 2.05) is 18.2 Å². The first-order valence-corrected chi connectivity index (χ1v) is 7.75. The maximum atomic E-state index is 13.6. The Morgan fingerprint density at radius 1 is 0.917 bits per heavy atom. The van der Waals surface area contributed by atoms with Gasteiger partial charge in [-0.25, -0.2) is 17.6 Å². The Morgan fingerprint density at radius 3 is 2.04 bits per heavy atom. The highest BCUT2D eigenvalue weighted by Gasteiger charge is 2.57. The molecule has 8 heteroatoms. The standard InChI is InChI=1S/C16H18F8/c17-13(18)14(19,20)6-7-16(23,24)15(21,22)5-1-2-11-8-10-3-4-12(11)9-10/h3-4,8,10,12-13H,1-2,5-7,9H2. The van der Waals surface area contributed by atoms with Gasteiger partial charge in [-0.3, -0.25) is 0 Å². The molecule has 2 aliphatic rings. The Labute approximate surface area is 134 Å². The van der Waals surface area contributed by atoms with E-state index in [2.05, 4.69) is 0 Å². The summed E-state index contributed by atoms with van der Waals surface area (Å²) >= 11 is 0. The summed E-state index contributed by atoms with van der Waals surface area (Å²) in [7, 11) is 0. The summed E-state index contributed by atoms with van der Waals surface area (Å²) in [6.45, 7) is 0. The summed E-state index contributed by atoms with van der Waals surface area (Å²) in [6, 6.07) is 0. The van der Waals surface area contributed by atoms with E-state index in [4.69, 9.17) is 0 Å². The van der Waals surface area contributed by atoms with Gasteiger partial charge in [-0.15, -0.1) is 0 Å². The summed E-state index contributed by atoms with van der Waals surface area (Å²) in [4.78, 5) is 0. The lowest BCUT2D eigenvalue weighted by Gasteiger charge is -2.28. The highest BCUT2D eigenvalue weighted by atomic mass is 19.3. The molecule has 2 atom stereocenters. The molecule has 138 valence electrons. The average Bonchev–Trinajstić information content (AvgIpc) is 3.07. The van der Waals surface area contributed by atoms with Crippen LogP contribution in [0.25, 0.3) is 0 Å². The van der Waals surface area contributed by atoms with Crippen molar-refractivity contribution in [3.8, 4) is 0 Å². The van der Waals surface area contributed by atoms with Crippen LogP contribution in [0.5, 0.6) is 0 Å². The Bertz CT molecular complexity index is 506. The third kappa shape index (κ3) is 4.11. The van der Waals surface area contributed by atoms with Gasteiger partial charge in [0.15, 0.2) is 0 Å². The van der Waals surface area contributed by atoms with Gasteiger partial charge in [-0.05, 0) is 31.1 Å². The topological polar surface area (TPSA) is 0 Å². The zero-order valence-electron chi connectivity index (χ0n) is 12.7. The molecule has 0 saturated carbocycles. The van der Waals surface area contributed by atoms with Gasteiger partial charge < -0.3 is 0 Å². The number of allylic oxidation sites excluding steroid dienone is 4. The van der Waals surface area contributed by atoms with Crippen LogP contribution >= 0.6 is 0 Å². The maximum Gasteiger partial charge on any atom is 0.310 e. The fraction of sp³-hybridized carbons (Fsp3) is 0.750. The third-order valence-corrected chi connectivity index (χ3v) is 4.60. The molecule has 0 amide bonds. The third-order valence-electron chi connectivity index (χ3n) is 4.60. The second-order valence-corrected chi connectivity index (χ2v) is 6.46. The number of fused-ring (bicyclic) bond motifs is 2. The van der Waals surface area contributed by atoms with Crippen LogP contribution in [0.1, 0.15) is 38.5 Å². The van der Waals surface area contributed by atoms with Gasteiger partial charge in [-0.2, -0.15) is 17.6 Å². The van der Waals surface area contributed by atoms with Crippen LogP contribution in [0.4, 0.5) is 35.1 Å². The number of rotatable bonds is 9. The molecule has 2 aliphatic carbocycles. The van der Waals surface area contributed by atoms with Crippen LogP contribution in [-0.2, 0) is 0 Å². The molecule has 2 unspecified atom stereocenters. The number of hydrogen-bond acceptors (Lipinski definition) is 0. The van der Waals surface area contributed by atoms with Gasteiger partial charge in [0.2, 0.25) is 0 Å². The first-order valence-electron chi connectivity index (χ1n) is 7.75. The monoisotopic (exact) mass is 362 g/mol. The van der Waals surface area contributed by atoms with E-state index < -0.39 is 43.5 Å². The first-order chi connectivity index (χ1) is 10.9. The highest BCUT2D eigenvalue weighted by molar-refractivity contribution is 5.29. The van der Waals surface area contributed by atoms with E-state index >= 15 is 0 Å². The van der Waals surface area contributed by atoms with Crippen LogP contribution in [-0.4, -0.2) is 24.2 Å². The van der Waals surface area contributed by atoms with Gasteiger partial charge in [0, 0.05) is 19.3 Å². The predicted molar refractivity (Wildman–Crippen MR) is 72.8 cm³/mol. The summed E-state index contributed by atoms with van der Waals surface area (Å²) < 4.78 is 103. The fourth-order valence-corrected chi connectivity index (χ4v) is 3.11. The number of hydrogen-bond donors (Lipinski definition) is 0. The average molecular weight is 362 g/mol. The normalized spacial score (nSPS) is 24.1. The molecule has 0 heterocycles. The van der Waals surface area contributed by atoms with Crippen molar-refractivity contribution in [3.63, 3.8) is 0 Å². The lowest BCUT2D eigenvalue weighted by Crippen LogP contribution is -2.42. The Morgan fingerprint density at radius 2 is 1.54 bits per heavy atom. The van der Waals surface area contributed by atoms with E-state index in [0.717, 1.165) is 12.0 Å². The van der Waals surface area contributed by atoms with Crippen molar-refractivity contribution in [3.05, 3.63) is 23.8 Å². The largest absolute Gasteiger partial charge is 0.310 e.